The van der Waals surface area contributed by atoms with Crippen molar-refractivity contribution in [2.75, 3.05) is 26.7 Å². The van der Waals surface area contributed by atoms with Crippen LogP contribution >= 0.6 is 11.3 Å². The topological polar surface area (TPSA) is 53.5 Å². The van der Waals surface area contributed by atoms with Gasteiger partial charge in [-0.05, 0) is 39.2 Å². The summed E-state index contributed by atoms with van der Waals surface area (Å²) in [5, 5.41) is -0.0752. The first-order valence-electron chi connectivity index (χ1n) is 7.53. The van der Waals surface area contributed by atoms with Crippen molar-refractivity contribution in [1.29, 1.82) is 0 Å². The molecular formula is C14H23N3O2S2. The van der Waals surface area contributed by atoms with Crippen molar-refractivity contribution >= 4 is 21.4 Å². The molecule has 21 heavy (non-hydrogen) atoms. The first-order valence-corrected chi connectivity index (χ1v) is 9.91. The fourth-order valence-corrected chi connectivity index (χ4v) is 5.77. The van der Waals surface area contributed by atoms with E-state index in [1.165, 1.54) is 4.88 Å². The van der Waals surface area contributed by atoms with E-state index in [1.54, 1.807) is 15.6 Å². The summed E-state index contributed by atoms with van der Waals surface area (Å²) < 4.78 is 26.2. The maximum absolute atomic E-state index is 12.2. The number of hydrogen-bond acceptors (Lipinski definition) is 5. The van der Waals surface area contributed by atoms with Crippen molar-refractivity contribution in [3.05, 3.63) is 16.1 Å². The second-order valence-electron chi connectivity index (χ2n) is 6.31. The zero-order chi connectivity index (χ0) is 15.0. The van der Waals surface area contributed by atoms with E-state index in [2.05, 4.69) is 16.9 Å². The Bertz CT molecular complexity index is 595. The molecule has 1 aliphatic heterocycles. The van der Waals surface area contributed by atoms with Gasteiger partial charge in [0.05, 0.1) is 16.5 Å². The van der Waals surface area contributed by atoms with Crippen molar-refractivity contribution < 1.29 is 8.42 Å². The highest BCUT2D eigenvalue weighted by Gasteiger charge is 2.42. The first kappa shape index (κ1) is 15.4. The molecule has 1 unspecified atom stereocenters. The summed E-state index contributed by atoms with van der Waals surface area (Å²) in [6.07, 6.45) is 2.69. The smallest absolute Gasteiger partial charge is 0.216 e. The molecule has 1 atom stereocenters. The molecule has 118 valence electrons. The Kier molecular flexibility index (Phi) is 4.36. The predicted molar refractivity (Wildman–Crippen MR) is 84.8 cm³/mol. The van der Waals surface area contributed by atoms with E-state index in [1.807, 2.05) is 12.4 Å². The third-order valence-electron chi connectivity index (χ3n) is 4.38. The molecule has 0 amide bonds. The van der Waals surface area contributed by atoms with Crippen molar-refractivity contribution in [3.8, 4) is 0 Å². The Balaban J connectivity index is 1.51. The summed E-state index contributed by atoms with van der Waals surface area (Å²) in [5.41, 5.74) is 2.99. The molecule has 5 nitrogen and oxygen atoms in total. The third-order valence-corrected chi connectivity index (χ3v) is 7.67. The highest BCUT2D eigenvalue weighted by Crippen LogP contribution is 2.33. The molecule has 1 aliphatic carbocycles. The van der Waals surface area contributed by atoms with Gasteiger partial charge in [0.25, 0.3) is 0 Å². The van der Waals surface area contributed by atoms with E-state index in [0.29, 0.717) is 19.0 Å². The second-order valence-corrected chi connectivity index (χ2v) is 9.47. The molecule has 1 saturated carbocycles. The largest absolute Gasteiger partial charge is 0.301 e. The summed E-state index contributed by atoms with van der Waals surface area (Å²) in [5.74, 6) is 0.455. The number of sulfonamides is 1. The lowest BCUT2D eigenvalue weighted by Gasteiger charge is -2.21. The van der Waals surface area contributed by atoms with Crippen LogP contribution in [0.2, 0.25) is 0 Å². The highest BCUT2D eigenvalue weighted by atomic mass is 32.2. The van der Waals surface area contributed by atoms with E-state index in [9.17, 15) is 8.42 Å². The standard InChI is InChI=1S/C14H23N3O2S2/c1-11-14(20-10-15-11)9-16(2)7-12-5-6-17(8-12)21(18,19)13-3-4-13/h10,12-13H,3-9H2,1-2H3. The van der Waals surface area contributed by atoms with Crippen LogP contribution in [0.3, 0.4) is 0 Å². The van der Waals surface area contributed by atoms with Crippen LogP contribution in [0.4, 0.5) is 0 Å². The van der Waals surface area contributed by atoms with Gasteiger partial charge >= 0.3 is 0 Å². The predicted octanol–water partition coefficient (Wildman–Crippen LogP) is 1.70. The summed E-state index contributed by atoms with van der Waals surface area (Å²) in [6.45, 7) is 5.30. The zero-order valence-electron chi connectivity index (χ0n) is 12.7. The van der Waals surface area contributed by atoms with Gasteiger partial charge in [-0.1, -0.05) is 0 Å². The van der Waals surface area contributed by atoms with Gasteiger partial charge in [0.2, 0.25) is 10.0 Å². The lowest BCUT2D eigenvalue weighted by molar-refractivity contribution is 0.275. The van der Waals surface area contributed by atoms with Gasteiger partial charge in [-0.3, -0.25) is 0 Å². The maximum Gasteiger partial charge on any atom is 0.216 e. The number of aryl methyl sites for hydroxylation is 1. The molecule has 1 aromatic rings. The normalized spacial score (nSPS) is 24.0. The molecule has 1 saturated heterocycles. The van der Waals surface area contributed by atoms with Crippen molar-refractivity contribution in [3.63, 3.8) is 0 Å². The molecule has 2 fully saturated rings. The molecule has 0 radical (unpaired) electrons. The number of rotatable bonds is 6. The minimum absolute atomic E-state index is 0.0752. The molecule has 7 heteroatoms. The number of hydrogen-bond donors (Lipinski definition) is 0. The minimum atomic E-state index is -2.98. The molecular weight excluding hydrogens is 306 g/mol. The van der Waals surface area contributed by atoms with Gasteiger partial charge in [-0.25, -0.2) is 17.7 Å². The molecule has 0 spiro atoms. The number of nitrogens with zero attached hydrogens (tertiary/aromatic N) is 3. The SMILES string of the molecule is Cc1ncsc1CN(C)CC1CCN(S(=O)(=O)C2CC2)C1. The van der Waals surface area contributed by atoms with Crippen LogP contribution in [0.25, 0.3) is 0 Å². The van der Waals surface area contributed by atoms with Crippen LogP contribution in [0.15, 0.2) is 5.51 Å². The van der Waals surface area contributed by atoms with Crippen LogP contribution in [-0.2, 0) is 16.6 Å². The van der Waals surface area contributed by atoms with Gasteiger partial charge in [0.1, 0.15) is 0 Å². The van der Waals surface area contributed by atoms with E-state index in [0.717, 1.165) is 38.0 Å². The molecule has 0 N–H and O–H groups in total. The molecule has 1 aromatic heterocycles. The van der Waals surface area contributed by atoms with Crippen molar-refractivity contribution in [2.24, 2.45) is 5.92 Å². The van der Waals surface area contributed by atoms with Crippen LogP contribution in [0.5, 0.6) is 0 Å². The van der Waals surface area contributed by atoms with E-state index >= 15 is 0 Å². The summed E-state index contributed by atoms with van der Waals surface area (Å²) >= 11 is 1.69. The molecule has 2 heterocycles. The highest BCUT2D eigenvalue weighted by molar-refractivity contribution is 7.90. The van der Waals surface area contributed by atoms with Crippen LogP contribution < -0.4 is 0 Å². The van der Waals surface area contributed by atoms with Crippen LogP contribution in [0, 0.1) is 12.8 Å². The van der Waals surface area contributed by atoms with Crippen molar-refractivity contribution in [1.82, 2.24) is 14.2 Å². The van der Waals surface area contributed by atoms with Gasteiger partial charge < -0.3 is 4.90 Å². The van der Waals surface area contributed by atoms with Gasteiger partial charge in [-0.2, -0.15) is 0 Å². The Labute approximate surface area is 131 Å². The number of thiazole rings is 1. The third kappa shape index (κ3) is 3.47. The van der Waals surface area contributed by atoms with Gasteiger partial charge in [-0.15, -0.1) is 11.3 Å². The zero-order valence-corrected chi connectivity index (χ0v) is 14.3. The quantitative estimate of drug-likeness (QED) is 0.797. The summed E-state index contributed by atoms with van der Waals surface area (Å²) in [7, 11) is -0.876. The van der Waals surface area contributed by atoms with Gasteiger partial charge in [0.15, 0.2) is 0 Å². The second kappa shape index (κ2) is 5.95. The number of aromatic nitrogens is 1. The van der Waals surface area contributed by atoms with E-state index in [-0.39, 0.29) is 5.25 Å². The average Bonchev–Trinajstić information content (AvgIpc) is 3.07. The summed E-state index contributed by atoms with van der Waals surface area (Å²) in [6, 6.07) is 0. The molecule has 0 aromatic carbocycles. The Hall–Kier alpha value is -0.500. The fraction of sp³-hybridized carbons (Fsp3) is 0.786. The van der Waals surface area contributed by atoms with E-state index in [4.69, 9.17) is 0 Å². The average molecular weight is 329 g/mol. The molecule has 2 aliphatic rings. The van der Waals surface area contributed by atoms with Gasteiger partial charge in [0, 0.05) is 31.1 Å². The Morgan fingerprint density at radius 2 is 2.19 bits per heavy atom. The molecule has 3 rings (SSSR count). The van der Waals surface area contributed by atoms with Crippen molar-refractivity contribution in [2.45, 2.75) is 38.0 Å². The van der Waals surface area contributed by atoms with E-state index < -0.39 is 10.0 Å². The minimum Gasteiger partial charge on any atom is -0.301 e. The fourth-order valence-electron chi connectivity index (χ4n) is 2.98. The monoisotopic (exact) mass is 329 g/mol. The Morgan fingerprint density at radius 3 is 2.81 bits per heavy atom. The Morgan fingerprint density at radius 1 is 1.43 bits per heavy atom. The van der Waals surface area contributed by atoms with Crippen LogP contribution in [-0.4, -0.2) is 54.5 Å². The maximum atomic E-state index is 12.2. The molecule has 0 bridgehead atoms. The summed E-state index contributed by atoms with van der Waals surface area (Å²) in [4.78, 5) is 7.87. The van der Waals surface area contributed by atoms with Crippen LogP contribution in [0.1, 0.15) is 29.8 Å². The lowest BCUT2D eigenvalue weighted by atomic mass is 10.1. The first-order chi connectivity index (χ1) is 9.96. The lowest BCUT2D eigenvalue weighted by Crippen LogP contribution is -2.33.